The summed E-state index contributed by atoms with van der Waals surface area (Å²) in [7, 11) is 1.27. The monoisotopic (exact) mass is 334 g/mol. The van der Waals surface area contributed by atoms with Gasteiger partial charge in [0.25, 0.3) is 19.4 Å². The molecule has 0 N–H and O–H groups in total. The molecule has 0 radical (unpaired) electrons. The van der Waals surface area contributed by atoms with E-state index in [4.69, 9.17) is 0 Å². The molecule has 10 nitrogen and oxygen atoms in total. The van der Waals surface area contributed by atoms with Gasteiger partial charge < -0.3 is 18.9 Å². The van der Waals surface area contributed by atoms with Gasteiger partial charge >= 0.3 is 5.97 Å². The summed E-state index contributed by atoms with van der Waals surface area (Å²) in [4.78, 5) is 45.5. The Morgan fingerprint density at radius 3 is 1.65 bits per heavy atom. The first-order valence-electron chi connectivity index (χ1n) is 6.85. The Balaban J connectivity index is 4.54. The van der Waals surface area contributed by atoms with Crippen molar-refractivity contribution in [2.45, 2.75) is 0 Å². The second-order valence-corrected chi connectivity index (χ2v) is 4.29. The molecule has 0 heterocycles. The average Bonchev–Trinajstić information content (AvgIpc) is 2.55. The summed E-state index contributed by atoms with van der Waals surface area (Å²) in [5, 5.41) is 0. The Hall–Kier alpha value is -2.20. The zero-order chi connectivity index (χ0) is 17.3. The highest BCUT2D eigenvalue weighted by Gasteiger charge is 2.15. The van der Waals surface area contributed by atoms with Crippen LogP contribution in [0.4, 0.5) is 0 Å². The SMILES string of the molecule is COC(=O)CN(CCOC=O)CN(CCOC=O)CCOC=O. The predicted octanol–water partition coefficient (Wildman–Crippen LogP) is -1.76. The molecule has 132 valence electrons. The van der Waals surface area contributed by atoms with Crippen molar-refractivity contribution in [3.8, 4) is 0 Å². The van der Waals surface area contributed by atoms with Gasteiger partial charge in [-0.2, -0.15) is 0 Å². The van der Waals surface area contributed by atoms with Gasteiger partial charge in [0.1, 0.15) is 19.8 Å². The molecule has 0 aliphatic carbocycles. The lowest BCUT2D eigenvalue weighted by Gasteiger charge is -2.29. The minimum atomic E-state index is -0.440. The number of rotatable bonds is 16. The average molecular weight is 334 g/mol. The van der Waals surface area contributed by atoms with Crippen LogP contribution in [0, 0.1) is 0 Å². The number of carbonyl (C=O) groups is 4. The highest BCUT2D eigenvalue weighted by molar-refractivity contribution is 5.71. The molecule has 0 fully saturated rings. The Kier molecular flexibility index (Phi) is 13.3. The summed E-state index contributed by atoms with van der Waals surface area (Å²) in [5.41, 5.74) is 0. The molecule has 0 saturated carbocycles. The van der Waals surface area contributed by atoms with Crippen LogP contribution in [0.1, 0.15) is 0 Å². The van der Waals surface area contributed by atoms with E-state index >= 15 is 0 Å². The Bertz CT molecular complexity index is 339. The van der Waals surface area contributed by atoms with Crippen molar-refractivity contribution in [1.29, 1.82) is 0 Å². The van der Waals surface area contributed by atoms with Crippen LogP contribution >= 0.6 is 0 Å². The zero-order valence-electron chi connectivity index (χ0n) is 13.0. The van der Waals surface area contributed by atoms with Crippen molar-refractivity contribution in [1.82, 2.24) is 9.80 Å². The Morgan fingerprint density at radius 1 is 0.826 bits per heavy atom. The molecular weight excluding hydrogens is 312 g/mol. The zero-order valence-corrected chi connectivity index (χ0v) is 13.0. The van der Waals surface area contributed by atoms with Crippen molar-refractivity contribution in [3.63, 3.8) is 0 Å². The van der Waals surface area contributed by atoms with E-state index < -0.39 is 5.97 Å². The number of hydrogen-bond donors (Lipinski definition) is 0. The quantitative estimate of drug-likeness (QED) is 0.106. The third-order valence-electron chi connectivity index (χ3n) is 2.76. The summed E-state index contributed by atoms with van der Waals surface area (Å²) in [5.74, 6) is -0.440. The standard InChI is InChI=1S/C13H22N2O8/c1-20-13(19)8-15(4-7-23-12-18)9-14(2-5-21-10-16)3-6-22-11-17/h10-12H,2-9H2,1H3. The van der Waals surface area contributed by atoms with E-state index in [1.807, 2.05) is 4.90 Å². The highest BCUT2D eigenvalue weighted by Crippen LogP contribution is 1.97. The fourth-order valence-corrected chi connectivity index (χ4v) is 1.67. The van der Waals surface area contributed by atoms with E-state index in [1.165, 1.54) is 7.11 Å². The fraction of sp³-hybridized carbons (Fsp3) is 0.692. The van der Waals surface area contributed by atoms with Crippen molar-refractivity contribution >= 4 is 25.4 Å². The van der Waals surface area contributed by atoms with Crippen molar-refractivity contribution in [3.05, 3.63) is 0 Å². The molecular formula is C13H22N2O8. The van der Waals surface area contributed by atoms with Crippen molar-refractivity contribution in [2.75, 3.05) is 59.8 Å². The molecule has 0 saturated heterocycles. The lowest BCUT2D eigenvalue weighted by atomic mass is 10.4. The molecule has 0 amide bonds. The van der Waals surface area contributed by atoms with E-state index in [1.54, 1.807) is 4.90 Å². The second-order valence-electron chi connectivity index (χ2n) is 4.29. The third-order valence-corrected chi connectivity index (χ3v) is 2.76. The first-order valence-corrected chi connectivity index (χ1v) is 6.85. The van der Waals surface area contributed by atoms with Gasteiger partial charge in [-0.3, -0.25) is 29.0 Å². The minimum Gasteiger partial charge on any atom is -0.468 e. The molecule has 0 aromatic carbocycles. The highest BCUT2D eigenvalue weighted by atomic mass is 16.5. The van der Waals surface area contributed by atoms with Gasteiger partial charge in [0.2, 0.25) is 0 Å². The minimum absolute atomic E-state index is 0.00169. The number of ether oxygens (including phenoxy) is 4. The van der Waals surface area contributed by atoms with Crippen LogP contribution in [0.5, 0.6) is 0 Å². The van der Waals surface area contributed by atoms with Crippen LogP contribution in [0.3, 0.4) is 0 Å². The van der Waals surface area contributed by atoms with E-state index in [-0.39, 0.29) is 26.4 Å². The third kappa shape index (κ3) is 12.1. The molecule has 23 heavy (non-hydrogen) atoms. The van der Waals surface area contributed by atoms with Crippen LogP contribution in [0.2, 0.25) is 0 Å². The molecule has 0 aliphatic heterocycles. The molecule has 0 aliphatic rings. The van der Waals surface area contributed by atoms with Crippen LogP contribution in [0.25, 0.3) is 0 Å². The first-order chi connectivity index (χ1) is 11.2. The summed E-state index contributed by atoms with van der Waals surface area (Å²) >= 11 is 0. The maximum absolute atomic E-state index is 11.4. The lowest BCUT2D eigenvalue weighted by molar-refractivity contribution is -0.142. The smallest absolute Gasteiger partial charge is 0.319 e. The summed E-state index contributed by atoms with van der Waals surface area (Å²) in [6, 6.07) is 0. The number of nitrogens with zero attached hydrogens (tertiary/aromatic N) is 2. The van der Waals surface area contributed by atoms with Gasteiger partial charge in [0, 0.05) is 19.6 Å². The second kappa shape index (κ2) is 14.7. The Morgan fingerprint density at radius 2 is 1.26 bits per heavy atom. The molecule has 0 bridgehead atoms. The van der Waals surface area contributed by atoms with Crippen LogP contribution in [0.15, 0.2) is 0 Å². The molecule has 0 unspecified atom stereocenters. The van der Waals surface area contributed by atoms with Gasteiger partial charge in [-0.05, 0) is 0 Å². The molecule has 0 spiro atoms. The van der Waals surface area contributed by atoms with Crippen LogP contribution in [-0.4, -0.2) is 95.0 Å². The topological polar surface area (TPSA) is 112 Å². The van der Waals surface area contributed by atoms with Gasteiger partial charge in [-0.1, -0.05) is 0 Å². The van der Waals surface area contributed by atoms with Crippen molar-refractivity contribution in [2.24, 2.45) is 0 Å². The Labute approximate surface area is 134 Å². The van der Waals surface area contributed by atoms with Crippen molar-refractivity contribution < 1.29 is 38.1 Å². The van der Waals surface area contributed by atoms with Gasteiger partial charge in [-0.15, -0.1) is 0 Å². The normalized spacial score (nSPS) is 10.2. The maximum Gasteiger partial charge on any atom is 0.319 e. The van der Waals surface area contributed by atoms with E-state index in [9.17, 15) is 19.2 Å². The van der Waals surface area contributed by atoms with Crippen LogP contribution < -0.4 is 0 Å². The van der Waals surface area contributed by atoms with E-state index in [2.05, 4.69) is 18.9 Å². The maximum atomic E-state index is 11.4. The van der Waals surface area contributed by atoms with Gasteiger partial charge in [0.15, 0.2) is 0 Å². The fourth-order valence-electron chi connectivity index (χ4n) is 1.67. The van der Waals surface area contributed by atoms with Gasteiger partial charge in [0.05, 0.1) is 20.3 Å². The molecule has 10 heteroatoms. The number of carbonyl (C=O) groups excluding carboxylic acids is 4. The molecule has 0 aromatic heterocycles. The van der Waals surface area contributed by atoms with E-state index in [0.29, 0.717) is 45.7 Å². The molecule has 0 rings (SSSR count). The summed E-state index contributed by atoms with van der Waals surface area (Å²) in [6.45, 7) is 2.80. The summed E-state index contributed by atoms with van der Waals surface area (Å²) < 4.78 is 18.5. The van der Waals surface area contributed by atoms with Crippen LogP contribution in [-0.2, 0) is 38.1 Å². The predicted molar refractivity (Wildman–Crippen MR) is 76.1 cm³/mol. The lowest BCUT2D eigenvalue weighted by Crippen LogP contribution is -2.44. The first kappa shape index (κ1) is 20.8. The van der Waals surface area contributed by atoms with Gasteiger partial charge in [-0.25, -0.2) is 0 Å². The molecule has 0 aromatic rings. The molecule has 0 atom stereocenters. The van der Waals surface area contributed by atoms with E-state index in [0.717, 1.165) is 0 Å². The number of hydrogen-bond acceptors (Lipinski definition) is 10. The number of esters is 1. The largest absolute Gasteiger partial charge is 0.468 e. The number of methoxy groups -OCH3 is 1. The summed E-state index contributed by atoms with van der Waals surface area (Å²) in [6.07, 6.45) is 0.